The number of para-hydroxylation sites is 2. The molecule has 3 aromatic carbocycles. The number of hydrogen-bond donors (Lipinski definition) is 2. The van der Waals surface area contributed by atoms with Crippen molar-refractivity contribution in [2.75, 3.05) is 44.2 Å². The Morgan fingerprint density at radius 1 is 1.02 bits per heavy atom. The van der Waals surface area contributed by atoms with Gasteiger partial charge in [0.2, 0.25) is 11.8 Å². The van der Waals surface area contributed by atoms with E-state index in [4.69, 9.17) is 19.9 Å². The quantitative estimate of drug-likeness (QED) is 0.220. The van der Waals surface area contributed by atoms with Crippen molar-refractivity contribution in [1.29, 1.82) is 0 Å². The third kappa shape index (κ3) is 8.51. The Balaban J connectivity index is 1.79. The molecule has 0 fully saturated rings. The number of nitrogens with one attached hydrogen (secondary N) is 1. The van der Waals surface area contributed by atoms with Gasteiger partial charge in [0.25, 0.3) is 5.91 Å². The number of carbonyl (C=O) groups excluding carboxylic acids is 5. The van der Waals surface area contributed by atoms with E-state index in [2.05, 4.69) is 5.32 Å². The van der Waals surface area contributed by atoms with Gasteiger partial charge in [-0.2, -0.15) is 0 Å². The summed E-state index contributed by atoms with van der Waals surface area (Å²) < 4.78 is 16.1. The van der Waals surface area contributed by atoms with E-state index in [1.807, 2.05) is 6.07 Å². The molecule has 0 saturated heterocycles. The smallest absolute Gasteiger partial charge is 0.410 e. The van der Waals surface area contributed by atoms with Gasteiger partial charge in [0.1, 0.15) is 23.4 Å². The molecular formula is C37H47N5O8. The molecule has 1 heterocycles. The van der Waals surface area contributed by atoms with Crippen LogP contribution in [0.2, 0.25) is 0 Å². The molecule has 0 unspecified atom stereocenters. The van der Waals surface area contributed by atoms with Gasteiger partial charge < -0.3 is 35.1 Å². The summed E-state index contributed by atoms with van der Waals surface area (Å²) in [5.74, 6) is -1.28. The predicted octanol–water partition coefficient (Wildman–Crippen LogP) is 4.38. The first-order chi connectivity index (χ1) is 23.7. The minimum atomic E-state index is -1.19. The Kier molecular flexibility index (Phi) is 12.1. The summed E-state index contributed by atoms with van der Waals surface area (Å²) in [6.07, 6.45) is 0.704. The first kappa shape index (κ1) is 37.6. The minimum Gasteiger partial charge on any atom is -0.496 e. The lowest BCUT2D eigenvalue weighted by atomic mass is 10.00. The number of likely N-dealkylation sites (N-methyl/N-ethyl adjacent to an activating group) is 1. The van der Waals surface area contributed by atoms with Crippen LogP contribution in [0.3, 0.4) is 0 Å². The molecule has 13 nitrogen and oxygen atoms in total. The summed E-state index contributed by atoms with van der Waals surface area (Å²) in [5, 5.41) is 4.28. The number of methoxy groups -OCH3 is 2. The van der Waals surface area contributed by atoms with Crippen molar-refractivity contribution in [1.82, 2.24) is 10.2 Å². The average Bonchev–Trinajstić information content (AvgIpc) is 3.20. The number of amides is 4. The van der Waals surface area contributed by atoms with E-state index in [0.29, 0.717) is 47.6 Å². The molecule has 50 heavy (non-hydrogen) atoms. The molecule has 0 aliphatic carbocycles. The number of ether oxygens (including phenoxy) is 3. The summed E-state index contributed by atoms with van der Waals surface area (Å²) in [4.78, 5) is 71.4. The van der Waals surface area contributed by atoms with Crippen LogP contribution in [-0.4, -0.2) is 86.7 Å². The van der Waals surface area contributed by atoms with Crippen LogP contribution < -0.4 is 25.6 Å². The summed E-state index contributed by atoms with van der Waals surface area (Å²) in [5.41, 5.74) is 6.89. The number of unbranched alkanes of at least 4 members (excludes halogenated alkanes) is 1. The number of nitrogens with zero attached hydrogens (tertiary/aromatic N) is 3. The third-order valence-corrected chi connectivity index (χ3v) is 8.54. The lowest BCUT2D eigenvalue weighted by Gasteiger charge is -2.30. The molecule has 0 bridgehead atoms. The zero-order valence-corrected chi connectivity index (χ0v) is 29.8. The normalized spacial score (nSPS) is 15.1. The van der Waals surface area contributed by atoms with Crippen LogP contribution in [0.1, 0.15) is 62.9 Å². The van der Waals surface area contributed by atoms with E-state index in [1.165, 1.54) is 38.0 Å². The maximum Gasteiger partial charge on any atom is 0.410 e. The van der Waals surface area contributed by atoms with Gasteiger partial charge in [-0.1, -0.05) is 24.3 Å². The molecule has 1 aliphatic heterocycles. The van der Waals surface area contributed by atoms with Gasteiger partial charge in [-0.05, 0) is 88.2 Å². The molecule has 13 heteroatoms. The molecule has 2 atom stereocenters. The van der Waals surface area contributed by atoms with Crippen LogP contribution in [-0.2, 0) is 30.4 Å². The number of benzene rings is 3. The Morgan fingerprint density at radius 2 is 1.72 bits per heavy atom. The van der Waals surface area contributed by atoms with E-state index in [9.17, 15) is 24.0 Å². The fraction of sp³-hybridized carbons (Fsp3) is 0.432. The van der Waals surface area contributed by atoms with E-state index in [0.717, 1.165) is 15.7 Å². The van der Waals surface area contributed by atoms with Crippen molar-refractivity contribution < 1.29 is 38.2 Å². The summed E-state index contributed by atoms with van der Waals surface area (Å²) in [6.45, 7) is 7.00. The van der Waals surface area contributed by atoms with E-state index in [-0.39, 0.29) is 25.4 Å². The van der Waals surface area contributed by atoms with Crippen LogP contribution in [0.25, 0.3) is 10.8 Å². The van der Waals surface area contributed by atoms with E-state index < -0.39 is 41.6 Å². The molecule has 4 amide bonds. The molecule has 0 spiro atoms. The van der Waals surface area contributed by atoms with Crippen molar-refractivity contribution in [3.8, 4) is 5.75 Å². The van der Waals surface area contributed by atoms with E-state index >= 15 is 0 Å². The van der Waals surface area contributed by atoms with Gasteiger partial charge in [0.15, 0.2) is 0 Å². The summed E-state index contributed by atoms with van der Waals surface area (Å²) in [7, 11) is 4.28. The monoisotopic (exact) mass is 689 g/mol. The van der Waals surface area contributed by atoms with Crippen LogP contribution in [0.5, 0.6) is 5.75 Å². The molecular weight excluding hydrogens is 642 g/mol. The van der Waals surface area contributed by atoms with Gasteiger partial charge in [-0.15, -0.1) is 0 Å². The van der Waals surface area contributed by atoms with Gasteiger partial charge in [-0.25, -0.2) is 9.59 Å². The van der Waals surface area contributed by atoms with Crippen LogP contribution in [0.4, 0.5) is 16.2 Å². The Labute approximate surface area is 292 Å². The third-order valence-electron chi connectivity index (χ3n) is 8.54. The first-order valence-electron chi connectivity index (χ1n) is 16.6. The number of carbonyl (C=O) groups is 5. The van der Waals surface area contributed by atoms with Crippen molar-refractivity contribution in [2.45, 2.75) is 71.2 Å². The van der Waals surface area contributed by atoms with Gasteiger partial charge in [-0.3, -0.25) is 19.3 Å². The number of nitrogens with two attached hydrogens (primary N) is 1. The average molecular weight is 690 g/mol. The topological polar surface area (TPSA) is 161 Å². The standard InChI is InChI=1S/C37H47N5O8/c1-23(40(5)36(47)50-37(2,3)4)33(44)39-28-22-41(32(43)14-10-11-19-38)29-12-8-9-13-30(29)42(34(28)45)21-27-26-17-15-25(35(46)49-7)20-24(26)16-18-31(27)48-6/h8-9,12-13,15-18,20,23,28H,10-11,14,19,21-22,38H2,1-7H3,(H,39,44)/t23-,28-/m0/s1. The van der Waals surface area contributed by atoms with Crippen LogP contribution in [0.15, 0.2) is 54.6 Å². The minimum absolute atomic E-state index is 0.00285. The zero-order valence-electron chi connectivity index (χ0n) is 29.8. The van der Waals surface area contributed by atoms with Crippen molar-refractivity contribution in [3.63, 3.8) is 0 Å². The van der Waals surface area contributed by atoms with Crippen molar-refractivity contribution in [2.24, 2.45) is 5.73 Å². The molecule has 4 rings (SSSR count). The van der Waals surface area contributed by atoms with Gasteiger partial charge in [0, 0.05) is 19.0 Å². The Hall–Kier alpha value is -5.17. The van der Waals surface area contributed by atoms with Crippen molar-refractivity contribution in [3.05, 3.63) is 65.7 Å². The highest BCUT2D eigenvalue weighted by Crippen LogP contribution is 2.37. The largest absolute Gasteiger partial charge is 0.496 e. The number of fused-ring (bicyclic) bond motifs is 2. The number of hydrogen-bond acceptors (Lipinski definition) is 9. The zero-order chi connectivity index (χ0) is 36.7. The highest BCUT2D eigenvalue weighted by atomic mass is 16.6. The second-order valence-electron chi connectivity index (χ2n) is 13.2. The number of rotatable bonds is 11. The highest BCUT2D eigenvalue weighted by molar-refractivity contribution is 6.09. The summed E-state index contributed by atoms with van der Waals surface area (Å²) in [6, 6.07) is 13.6. The maximum atomic E-state index is 14.7. The van der Waals surface area contributed by atoms with Crippen molar-refractivity contribution >= 4 is 51.9 Å². The van der Waals surface area contributed by atoms with Crippen LogP contribution >= 0.6 is 0 Å². The first-order valence-corrected chi connectivity index (χ1v) is 16.6. The summed E-state index contributed by atoms with van der Waals surface area (Å²) >= 11 is 0. The molecule has 3 aromatic rings. The number of esters is 1. The lowest BCUT2D eigenvalue weighted by Crippen LogP contribution is -2.57. The predicted molar refractivity (Wildman–Crippen MR) is 190 cm³/mol. The Bertz CT molecular complexity index is 1750. The molecule has 1 aliphatic rings. The van der Waals surface area contributed by atoms with Gasteiger partial charge in [0.05, 0.1) is 44.2 Å². The molecule has 0 radical (unpaired) electrons. The molecule has 0 aromatic heterocycles. The second kappa shape index (κ2) is 16.0. The van der Waals surface area contributed by atoms with Crippen LogP contribution in [0, 0.1) is 0 Å². The fourth-order valence-corrected chi connectivity index (χ4v) is 5.74. The molecule has 3 N–H and O–H groups in total. The molecule has 0 saturated carbocycles. The van der Waals surface area contributed by atoms with Gasteiger partial charge >= 0.3 is 12.1 Å². The van der Waals surface area contributed by atoms with E-state index in [1.54, 1.807) is 69.3 Å². The highest BCUT2D eigenvalue weighted by Gasteiger charge is 2.38. The Morgan fingerprint density at radius 3 is 2.36 bits per heavy atom. The second-order valence-corrected chi connectivity index (χ2v) is 13.2. The maximum absolute atomic E-state index is 14.7. The lowest BCUT2D eigenvalue weighted by molar-refractivity contribution is -0.130. The number of anilines is 2. The SMILES string of the molecule is COC(=O)c1ccc2c(CN3C(=O)[C@@H](NC(=O)[C@H](C)N(C)C(=O)OC(C)(C)C)CN(C(=O)CCCCN)c4ccccc43)c(OC)ccc2c1. The fourth-order valence-electron chi connectivity index (χ4n) is 5.74. The molecule has 268 valence electrons.